The lowest BCUT2D eigenvalue weighted by Crippen LogP contribution is -2.36. The predicted molar refractivity (Wildman–Crippen MR) is 111 cm³/mol. The second-order valence-corrected chi connectivity index (χ2v) is 7.68. The van der Waals surface area contributed by atoms with Crippen LogP contribution in [0.2, 0.25) is 0 Å². The smallest absolute Gasteiger partial charge is 0.255 e. The fourth-order valence-corrected chi connectivity index (χ4v) is 4.19. The number of benzene rings is 2. The number of H-pyrrole nitrogens is 1. The van der Waals surface area contributed by atoms with Gasteiger partial charge in [0.2, 0.25) is 0 Å². The molecule has 0 aliphatic heterocycles. The minimum atomic E-state index is -0.348. The van der Waals surface area contributed by atoms with Gasteiger partial charge < -0.3 is 15.2 Å². The highest BCUT2D eigenvalue weighted by molar-refractivity contribution is 6.05. The summed E-state index contributed by atoms with van der Waals surface area (Å²) in [5.41, 5.74) is 5.00. The van der Waals surface area contributed by atoms with Crippen molar-refractivity contribution in [3.8, 4) is 0 Å². The molecule has 3 aromatic rings. The van der Waals surface area contributed by atoms with Crippen molar-refractivity contribution in [2.45, 2.75) is 38.6 Å². The number of amides is 1. The zero-order chi connectivity index (χ0) is 19.7. The largest absolute Gasteiger partial charge is 0.358 e. The minimum Gasteiger partial charge on any atom is -0.358 e. The van der Waals surface area contributed by atoms with Crippen LogP contribution in [0.1, 0.15) is 41.4 Å². The summed E-state index contributed by atoms with van der Waals surface area (Å²) >= 11 is 0. The van der Waals surface area contributed by atoms with E-state index in [1.54, 1.807) is 0 Å². The molecular formula is C23H26FN3O. The number of likely N-dealkylation sites (N-methyl/N-ethyl adjacent to an activating group) is 1. The molecule has 0 spiro atoms. The van der Waals surface area contributed by atoms with Gasteiger partial charge in [0.1, 0.15) is 5.82 Å². The number of carbonyl (C=O) groups excluding carboxylic acids is 1. The molecule has 1 aromatic heterocycles. The van der Waals surface area contributed by atoms with Gasteiger partial charge in [-0.1, -0.05) is 6.92 Å². The predicted octanol–water partition coefficient (Wildman–Crippen LogP) is 4.76. The Balaban J connectivity index is 1.58. The summed E-state index contributed by atoms with van der Waals surface area (Å²) in [4.78, 5) is 18.5. The molecule has 146 valence electrons. The summed E-state index contributed by atoms with van der Waals surface area (Å²) in [5, 5.41) is 4.12. The molecule has 2 aromatic carbocycles. The molecule has 1 heterocycles. The molecule has 0 bridgehead atoms. The number of carbonyl (C=O) groups is 1. The first-order valence-corrected chi connectivity index (χ1v) is 9.95. The highest BCUT2D eigenvalue weighted by Crippen LogP contribution is 2.32. The van der Waals surface area contributed by atoms with E-state index >= 15 is 0 Å². The van der Waals surface area contributed by atoms with Crippen LogP contribution >= 0.6 is 0 Å². The van der Waals surface area contributed by atoms with Gasteiger partial charge >= 0.3 is 0 Å². The van der Waals surface area contributed by atoms with Crippen molar-refractivity contribution < 1.29 is 9.18 Å². The maximum absolute atomic E-state index is 13.1. The SMILES string of the molecule is CCCN(C)C1CCc2[nH]c3ccc(NC(=O)c4ccc(F)cc4)cc3c2C1. The molecule has 0 saturated heterocycles. The summed E-state index contributed by atoms with van der Waals surface area (Å²) in [7, 11) is 2.21. The van der Waals surface area contributed by atoms with Gasteiger partial charge in [0, 0.05) is 33.9 Å². The molecule has 5 heteroatoms. The van der Waals surface area contributed by atoms with Gasteiger partial charge in [0.05, 0.1) is 0 Å². The normalized spacial score (nSPS) is 16.4. The molecular weight excluding hydrogens is 353 g/mol. The van der Waals surface area contributed by atoms with Crippen LogP contribution in [-0.2, 0) is 12.8 Å². The van der Waals surface area contributed by atoms with Crippen molar-refractivity contribution in [3.63, 3.8) is 0 Å². The average Bonchev–Trinajstić information content (AvgIpc) is 3.06. The monoisotopic (exact) mass is 379 g/mol. The molecule has 28 heavy (non-hydrogen) atoms. The Morgan fingerprint density at radius 3 is 2.79 bits per heavy atom. The number of aromatic nitrogens is 1. The van der Waals surface area contributed by atoms with Gasteiger partial charge in [-0.05, 0) is 87.3 Å². The summed E-state index contributed by atoms with van der Waals surface area (Å²) in [6.07, 6.45) is 4.42. The van der Waals surface area contributed by atoms with Crippen LogP contribution in [0.15, 0.2) is 42.5 Å². The quantitative estimate of drug-likeness (QED) is 0.672. The van der Waals surface area contributed by atoms with Crippen molar-refractivity contribution in [1.29, 1.82) is 0 Å². The Kier molecular flexibility index (Phi) is 5.18. The lowest BCUT2D eigenvalue weighted by molar-refractivity contribution is 0.102. The Bertz CT molecular complexity index is 993. The van der Waals surface area contributed by atoms with E-state index in [2.05, 4.69) is 29.2 Å². The number of halogens is 1. The number of nitrogens with one attached hydrogen (secondary N) is 2. The standard InChI is InChI=1S/C23H26FN3O/c1-3-12-27(2)18-9-11-22-20(14-18)19-13-17(8-10-21(19)26-22)25-23(28)15-4-6-16(24)7-5-15/h4-8,10,13,18,26H,3,9,11-12,14H2,1-2H3,(H,25,28). The summed E-state index contributed by atoms with van der Waals surface area (Å²) in [5.74, 6) is -0.580. The molecule has 4 rings (SSSR count). The summed E-state index contributed by atoms with van der Waals surface area (Å²) < 4.78 is 13.1. The topological polar surface area (TPSA) is 48.1 Å². The van der Waals surface area contributed by atoms with Crippen molar-refractivity contribution in [2.75, 3.05) is 18.9 Å². The number of hydrogen-bond donors (Lipinski definition) is 2. The number of aryl methyl sites for hydroxylation is 1. The molecule has 2 N–H and O–H groups in total. The first-order valence-electron chi connectivity index (χ1n) is 9.95. The third-order valence-corrected chi connectivity index (χ3v) is 5.73. The summed E-state index contributed by atoms with van der Waals surface area (Å²) in [6, 6.07) is 12.1. The first-order chi connectivity index (χ1) is 13.5. The van der Waals surface area contributed by atoms with Crippen molar-refractivity contribution in [3.05, 3.63) is 65.1 Å². The van der Waals surface area contributed by atoms with Gasteiger partial charge in [-0.2, -0.15) is 0 Å². The molecule has 0 saturated carbocycles. The van der Waals surface area contributed by atoms with Crippen molar-refractivity contribution in [2.24, 2.45) is 0 Å². The maximum atomic E-state index is 13.1. The zero-order valence-corrected chi connectivity index (χ0v) is 16.4. The van der Waals surface area contributed by atoms with Crippen molar-refractivity contribution in [1.82, 2.24) is 9.88 Å². The Labute approximate surface area is 164 Å². The lowest BCUT2D eigenvalue weighted by Gasteiger charge is -2.31. The van der Waals surface area contributed by atoms with Gasteiger partial charge in [-0.25, -0.2) is 4.39 Å². The van der Waals surface area contributed by atoms with E-state index in [1.165, 1.54) is 47.3 Å². The number of rotatable bonds is 5. The fraction of sp³-hybridized carbons (Fsp3) is 0.348. The van der Waals surface area contributed by atoms with Crippen LogP contribution in [0.3, 0.4) is 0 Å². The molecule has 1 amide bonds. The fourth-order valence-electron chi connectivity index (χ4n) is 4.19. The zero-order valence-electron chi connectivity index (χ0n) is 16.4. The molecule has 0 radical (unpaired) electrons. The highest BCUT2D eigenvalue weighted by Gasteiger charge is 2.25. The van der Waals surface area contributed by atoms with Crippen LogP contribution in [-0.4, -0.2) is 35.4 Å². The van der Waals surface area contributed by atoms with Crippen LogP contribution in [0.4, 0.5) is 10.1 Å². The number of anilines is 1. The van der Waals surface area contributed by atoms with Gasteiger partial charge in [-0.3, -0.25) is 4.79 Å². The van der Waals surface area contributed by atoms with E-state index in [1.807, 2.05) is 18.2 Å². The third kappa shape index (κ3) is 3.67. The Hall–Kier alpha value is -2.66. The van der Waals surface area contributed by atoms with Crippen LogP contribution < -0.4 is 5.32 Å². The van der Waals surface area contributed by atoms with E-state index in [4.69, 9.17) is 0 Å². The molecule has 1 aliphatic rings. The molecule has 4 nitrogen and oxygen atoms in total. The van der Waals surface area contributed by atoms with Gasteiger partial charge in [0.15, 0.2) is 0 Å². The van der Waals surface area contributed by atoms with E-state index in [-0.39, 0.29) is 11.7 Å². The minimum absolute atomic E-state index is 0.232. The number of aromatic amines is 1. The van der Waals surface area contributed by atoms with Crippen LogP contribution in [0, 0.1) is 5.82 Å². The van der Waals surface area contributed by atoms with E-state index in [9.17, 15) is 9.18 Å². The van der Waals surface area contributed by atoms with Crippen LogP contribution in [0.5, 0.6) is 0 Å². The Morgan fingerprint density at radius 2 is 2.04 bits per heavy atom. The average molecular weight is 379 g/mol. The first kappa shape index (κ1) is 18.7. The third-order valence-electron chi connectivity index (χ3n) is 5.73. The Morgan fingerprint density at radius 1 is 1.25 bits per heavy atom. The second kappa shape index (κ2) is 7.76. The highest BCUT2D eigenvalue weighted by atomic mass is 19.1. The molecule has 0 fully saturated rings. The molecule has 1 atom stereocenters. The lowest BCUT2D eigenvalue weighted by atomic mass is 9.90. The van der Waals surface area contributed by atoms with E-state index < -0.39 is 0 Å². The van der Waals surface area contributed by atoms with Crippen LogP contribution in [0.25, 0.3) is 10.9 Å². The molecule has 1 aliphatic carbocycles. The number of fused-ring (bicyclic) bond motifs is 3. The van der Waals surface area contributed by atoms with Crippen molar-refractivity contribution >= 4 is 22.5 Å². The van der Waals surface area contributed by atoms with E-state index in [0.29, 0.717) is 11.6 Å². The second-order valence-electron chi connectivity index (χ2n) is 7.68. The number of nitrogens with zero attached hydrogens (tertiary/aromatic N) is 1. The maximum Gasteiger partial charge on any atom is 0.255 e. The summed E-state index contributed by atoms with van der Waals surface area (Å²) in [6.45, 7) is 3.33. The van der Waals surface area contributed by atoms with Gasteiger partial charge in [-0.15, -0.1) is 0 Å². The number of hydrogen-bond acceptors (Lipinski definition) is 2. The molecule has 1 unspecified atom stereocenters. The van der Waals surface area contributed by atoms with E-state index in [0.717, 1.165) is 37.0 Å². The van der Waals surface area contributed by atoms with Gasteiger partial charge in [0.25, 0.3) is 5.91 Å².